The fraction of sp³-hybridized carbons (Fsp3) is 0.308. The van der Waals surface area contributed by atoms with Crippen LogP contribution in [0.2, 0.25) is 0 Å². The van der Waals surface area contributed by atoms with Crippen molar-refractivity contribution in [2.24, 2.45) is 0 Å². The number of para-hydroxylation sites is 1. The van der Waals surface area contributed by atoms with Crippen LogP contribution in [0.1, 0.15) is 12.7 Å². The predicted molar refractivity (Wildman–Crippen MR) is 88.3 cm³/mol. The number of benzene rings is 1. The molecule has 0 fully saturated rings. The van der Waals surface area contributed by atoms with Crippen molar-refractivity contribution in [3.63, 3.8) is 0 Å². The summed E-state index contributed by atoms with van der Waals surface area (Å²) < 4.78 is 12.0. The molecule has 23 heavy (non-hydrogen) atoms. The maximum Gasteiger partial charge on any atom is 0.444 e. The Morgan fingerprint density at radius 2 is 2.13 bits per heavy atom. The molecule has 0 atom stereocenters. The Balaban J connectivity index is 2.37. The van der Waals surface area contributed by atoms with Crippen LogP contribution in [0, 0.1) is 0 Å². The van der Waals surface area contributed by atoms with Gasteiger partial charge in [-0.15, -0.1) is 4.73 Å². The Hall–Kier alpha value is -1.51. The number of halogens is 3. The SMILES string of the molecule is CCc1nc2ccccc2c(=O)n1OC(=O)N(C)SC(F)(Cl)Cl. The van der Waals surface area contributed by atoms with E-state index in [2.05, 4.69) is 4.98 Å². The lowest BCUT2D eigenvalue weighted by molar-refractivity contribution is 0.110. The standard InChI is InChI=1S/C13H12Cl2FN3O3S/c1-3-10-17-9-7-5-4-6-8(9)11(20)19(10)22-12(21)18(2)23-13(14,15)16/h4-7H,3H2,1-2H3. The number of rotatable bonds is 4. The minimum atomic E-state index is -2.70. The summed E-state index contributed by atoms with van der Waals surface area (Å²) in [6, 6.07) is 6.67. The largest absolute Gasteiger partial charge is 0.444 e. The highest BCUT2D eigenvalue weighted by Gasteiger charge is 2.30. The number of fused-ring (bicyclic) bond motifs is 1. The highest BCUT2D eigenvalue weighted by atomic mass is 35.5. The Kier molecular flexibility index (Phi) is 5.38. The molecule has 0 aliphatic carbocycles. The zero-order valence-corrected chi connectivity index (χ0v) is 14.5. The number of amides is 1. The van der Waals surface area contributed by atoms with Crippen LogP contribution in [0.3, 0.4) is 0 Å². The fourth-order valence-electron chi connectivity index (χ4n) is 1.81. The molecule has 10 heteroatoms. The molecular weight excluding hydrogens is 368 g/mol. The number of hydrogen-bond donors (Lipinski definition) is 0. The second kappa shape index (κ2) is 6.94. The van der Waals surface area contributed by atoms with Crippen molar-refractivity contribution in [1.82, 2.24) is 14.0 Å². The number of carbonyl (C=O) groups is 1. The molecule has 0 radical (unpaired) electrons. The van der Waals surface area contributed by atoms with Gasteiger partial charge in [0, 0.05) is 25.4 Å². The molecule has 0 saturated heterocycles. The Morgan fingerprint density at radius 1 is 1.48 bits per heavy atom. The third kappa shape index (κ3) is 4.27. The van der Waals surface area contributed by atoms with Gasteiger partial charge in [-0.25, -0.2) is 14.1 Å². The number of hydrogen-bond acceptors (Lipinski definition) is 5. The van der Waals surface area contributed by atoms with E-state index >= 15 is 0 Å². The number of nitrogens with zero attached hydrogens (tertiary/aromatic N) is 3. The van der Waals surface area contributed by atoms with Gasteiger partial charge in [-0.1, -0.05) is 42.3 Å². The van der Waals surface area contributed by atoms with Crippen LogP contribution in [0.5, 0.6) is 0 Å². The number of alkyl halides is 3. The monoisotopic (exact) mass is 379 g/mol. The number of aromatic nitrogens is 2. The summed E-state index contributed by atoms with van der Waals surface area (Å²) in [6.45, 7) is 1.75. The van der Waals surface area contributed by atoms with E-state index in [1.54, 1.807) is 31.2 Å². The van der Waals surface area contributed by atoms with E-state index in [0.717, 1.165) is 9.04 Å². The summed E-state index contributed by atoms with van der Waals surface area (Å²) >= 11 is 10.5. The summed E-state index contributed by atoms with van der Waals surface area (Å²) in [6.07, 6.45) is -0.672. The maximum absolute atomic E-state index is 13.1. The van der Waals surface area contributed by atoms with Crippen LogP contribution in [-0.2, 0) is 6.42 Å². The molecule has 0 saturated carbocycles. The van der Waals surface area contributed by atoms with Crippen molar-refractivity contribution < 1.29 is 14.0 Å². The molecule has 2 aromatic rings. The Morgan fingerprint density at radius 3 is 2.74 bits per heavy atom. The zero-order chi connectivity index (χ0) is 17.2. The van der Waals surface area contributed by atoms with Crippen molar-refractivity contribution in [2.75, 3.05) is 7.05 Å². The summed E-state index contributed by atoms with van der Waals surface area (Å²) in [5.74, 6) is 0.253. The molecule has 1 aromatic heterocycles. The molecule has 1 amide bonds. The van der Waals surface area contributed by atoms with Crippen LogP contribution in [0.15, 0.2) is 29.1 Å². The van der Waals surface area contributed by atoms with Crippen LogP contribution in [0.4, 0.5) is 9.18 Å². The van der Waals surface area contributed by atoms with Crippen LogP contribution < -0.4 is 10.4 Å². The second-order valence-electron chi connectivity index (χ2n) is 4.39. The highest BCUT2D eigenvalue weighted by molar-refractivity contribution is 8.01. The quantitative estimate of drug-likeness (QED) is 0.602. The van der Waals surface area contributed by atoms with E-state index in [1.165, 1.54) is 7.05 Å². The van der Waals surface area contributed by atoms with Gasteiger partial charge in [-0.05, 0) is 12.1 Å². The average Bonchev–Trinajstić information content (AvgIpc) is 2.48. The van der Waals surface area contributed by atoms with Gasteiger partial charge in [0.1, 0.15) is 5.82 Å². The smallest absolute Gasteiger partial charge is 0.311 e. The van der Waals surface area contributed by atoms with E-state index in [-0.39, 0.29) is 17.8 Å². The normalized spacial score (nSPS) is 11.5. The minimum Gasteiger partial charge on any atom is -0.311 e. The van der Waals surface area contributed by atoms with Crippen LogP contribution >= 0.6 is 35.1 Å². The lowest BCUT2D eigenvalue weighted by Crippen LogP contribution is -2.38. The zero-order valence-electron chi connectivity index (χ0n) is 12.1. The first-order valence-corrected chi connectivity index (χ1v) is 7.98. The van der Waals surface area contributed by atoms with Gasteiger partial charge in [0.25, 0.3) is 5.56 Å². The lowest BCUT2D eigenvalue weighted by Gasteiger charge is -2.19. The van der Waals surface area contributed by atoms with E-state index in [9.17, 15) is 14.0 Å². The van der Waals surface area contributed by atoms with Gasteiger partial charge >= 0.3 is 10.0 Å². The molecule has 0 bridgehead atoms. The molecule has 6 nitrogen and oxygen atoms in total. The first-order chi connectivity index (χ1) is 10.7. The van der Waals surface area contributed by atoms with Crippen molar-refractivity contribution >= 4 is 52.1 Å². The second-order valence-corrected chi connectivity index (χ2v) is 7.37. The molecule has 0 aliphatic heterocycles. The summed E-state index contributed by atoms with van der Waals surface area (Å²) in [4.78, 5) is 33.7. The van der Waals surface area contributed by atoms with E-state index in [4.69, 9.17) is 28.0 Å². The van der Waals surface area contributed by atoms with Crippen molar-refractivity contribution in [3.05, 3.63) is 40.4 Å². The third-order valence-electron chi connectivity index (χ3n) is 2.79. The van der Waals surface area contributed by atoms with Gasteiger partial charge in [0.15, 0.2) is 0 Å². The molecule has 0 unspecified atom stereocenters. The molecule has 0 N–H and O–H groups in total. The average molecular weight is 380 g/mol. The van der Waals surface area contributed by atoms with Crippen molar-refractivity contribution in [2.45, 2.75) is 17.3 Å². The highest BCUT2D eigenvalue weighted by Crippen LogP contribution is 2.37. The topological polar surface area (TPSA) is 64.4 Å². The maximum atomic E-state index is 13.1. The minimum absolute atomic E-state index is 0.194. The summed E-state index contributed by atoms with van der Waals surface area (Å²) in [5.41, 5.74) is -0.0453. The fourth-order valence-corrected chi connectivity index (χ4v) is 2.85. The number of aryl methyl sites for hydroxylation is 1. The molecule has 1 aromatic carbocycles. The van der Waals surface area contributed by atoms with Crippen LogP contribution in [-0.4, -0.2) is 31.1 Å². The van der Waals surface area contributed by atoms with E-state index < -0.39 is 15.6 Å². The molecular formula is C13H12Cl2FN3O3S. The third-order valence-corrected chi connectivity index (χ3v) is 3.83. The molecule has 1 heterocycles. The Labute approximate surface area is 145 Å². The van der Waals surface area contributed by atoms with Gasteiger partial charge in [-0.3, -0.25) is 4.79 Å². The molecule has 0 spiro atoms. The van der Waals surface area contributed by atoms with Gasteiger partial charge < -0.3 is 4.84 Å². The van der Waals surface area contributed by atoms with E-state index in [0.29, 0.717) is 17.3 Å². The molecule has 124 valence electrons. The number of carbonyl (C=O) groups excluding carboxylic acids is 1. The predicted octanol–water partition coefficient (Wildman–Crippen LogP) is 3.15. The molecule has 2 rings (SSSR count). The van der Waals surface area contributed by atoms with Crippen molar-refractivity contribution in [1.29, 1.82) is 0 Å². The Bertz CT molecular complexity index is 794. The van der Waals surface area contributed by atoms with Crippen LogP contribution in [0.25, 0.3) is 10.9 Å². The van der Waals surface area contributed by atoms with Gasteiger partial charge in [0.2, 0.25) is 0 Å². The van der Waals surface area contributed by atoms with E-state index in [1.807, 2.05) is 0 Å². The first-order valence-electron chi connectivity index (χ1n) is 6.45. The summed E-state index contributed by atoms with van der Waals surface area (Å²) in [7, 11) is 1.21. The first kappa shape index (κ1) is 17.8. The summed E-state index contributed by atoms with van der Waals surface area (Å²) in [5, 5.41) is 0.294. The molecule has 0 aliphatic rings. The van der Waals surface area contributed by atoms with Crippen molar-refractivity contribution in [3.8, 4) is 0 Å². The van der Waals surface area contributed by atoms with Gasteiger partial charge in [-0.2, -0.15) is 4.39 Å². The van der Waals surface area contributed by atoms with Gasteiger partial charge in [0.05, 0.1) is 10.9 Å². The lowest BCUT2D eigenvalue weighted by atomic mass is 10.2.